The van der Waals surface area contributed by atoms with Crippen LogP contribution in [0.2, 0.25) is 0 Å². The van der Waals surface area contributed by atoms with Crippen molar-refractivity contribution in [2.45, 2.75) is 25.0 Å². The van der Waals surface area contributed by atoms with Crippen LogP contribution in [0.4, 0.5) is 4.79 Å². The normalized spacial score (nSPS) is 16.2. The molecular formula is C35H41N4O4+. The maximum Gasteiger partial charge on any atom is 0.408 e. The Morgan fingerprint density at radius 1 is 0.860 bits per heavy atom. The van der Waals surface area contributed by atoms with Crippen LogP contribution in [0.1, 0.15) is 50.7 Å². The SMILES string of the molecule is C[N+](C)(C/C=C/CN1CCC(OC(=O)NC(c2ccccc2)c2ccccc2)CC1)CCN1C(=O)c2ccccc2C1=O. The highest BCUT2D eigenvalue weighted by Gasteiger charge is 2.36. The first-order chi connectivity index (χ1) is 20.8. The summed E-state index contributed by atoms with van der Waals surface area (Å²) in [4.78, 5) is 41.9. The van der Waals surface area contributed by atoms with Crippen molar-refractivity contribution in [2.24, 2.45) is 0 Å². The van der Waals surface area contributed by atoms with E-state index in [2.05, 4.69) is 36.5 Å². The molecule has 2 aliphatic rings. The molecule has 1 fully saturated rings. The number of nitrogens with one attached hydrogen (secondary N) is 1. The lowest BCUT2D eigenvalue weighted by Gasteiger charge is -2.32. The van der Waals surface area contributed by atoms with Crippen LogP contribution < -0.4 is 5.32 Å². The number of carbonyl (C=O) groups is 3. The maximum atomic E-state index is 12.9. The van der Waals surface area contributed by atoms with Gasteiger partial charge in [0, 0.05) is 19.6 Å². The smallest absolute Gasteiger partial charge is 0.408 e. The van der Waals surface area contributed by atoms with Crippen molar-refractivity contribution < 1.29 is 23.6 Å². The quantitative estimate of drug-likeness (QED) is 0.198. The average Bonchev–Trinajstić information content (AvgIpc) is 3.27. The fourth-order valence-electron chi connectivity index (χ4n) is 5.65. The van der Waals surface area contributed by atoms with Gasteiger partial charge in [-0.2, -0.15) is 0 Å². The largest absolute Gasteiger partial charge is 0.446 e. The predicted molar refractivity (Wildman–Crippen MR) is 167 cm³/mol. The molecule has 3 amide bonds. The lowest BCUT2D eigenvalue weighted by Crippen LogP contribution is -2.46. The molecular weight excluding hydrogens is 540 g/mol. The first kappa shape index (κ1) is 30.2. The minimum Gasteiger partial charge on any atom is -0.446 e. The zero-order valence-corrected chi connectivity index (χ0v) is 25.0. The van der Waals surface area contributed by atoms with Crippen molar-refractivity contribution >= 4 is 17.9 Å². The Kier molecular flexibility index (Phi) is 9.69. The highest BCUT2D eigenvalue weighted by Crippen LogP contribution is 2.24. The van der Waals surface area contributed by atoms with Gasteiger partial charge in [-0.15, -0.1) is 0 Å². The number of fused-ring (bicyclic) bond motifs is 1. The average molecular weight is 582 g/mol. The Labute approximate surface area is 254 Å². The number of amides is 3. The Hall–Kier alpha value is -4.27. The first-order valence-corrected chi connectivity index (χ1v) is 15.0. The van der Waals surface area contributed by atoms with E-state index in [9.17, 15) is 14.4 Å². The maximum absolute atomic E-state index is 12.9. The number of hydrogen-bond acceptors (Lipinski definition) is 5. The molecule has 5 rings (SSSR count). The van der Waals surface area contributed by atoms with Crippen molar-refractivity contribution in [1.82, 2.24) is 15.1 Å². The summed E-state index contributed by atoms with van der Waals surface area (Å²) in [5.41, 5.74) is 3.02. The van der Waals surface area contributed by atoms with E-state index < -0.39 is 6.09 Å². The number of benzene rings is 3. The molecule has 0 aliphatic carbocycles. The number of piperidine rings is 1. The van der Waals surface area contributed by atoms with E-state index in [0.717, 1.165) is 50.1 Å². The van der Waals surface area contributed by atoms with E-state index in [1.54, 1.807) is 24.3 Å². The third kappa shape index (κ3) is 7.77. The van der Waals surface area contributed by atoms with E-state index in [-0.39, 0.29) is 24.0 Å². The van der Waals surface area contributed by atoms with Gasteiger partial charge in [0.1, 0.15) is 6.10 Å². The van der Waals surface area contributed by atoms with Crippen LogP contribution >= 0.6 is 0 Å². The summed E-state index contributed by atoms with van der Waals surface area (Å²) in [6, 6.07) is 26.6. The van der Waals surface area contributed by atoms with Crippen LogP contribution in [-0.2, 0) is 4.74 Å². The molecule has 0 unspecified atom stereocenters. The number of carbonyl (C=O) groups excluding carboxylic acids is 3. The summed E-state index contributed by atoms with van der Waals surface area (Å²) in [7, 11) is 4.22. The summed E-state index contributed by atoms with van der Waals surface area (Å²) >= 11 is 0. The molecule has 3 aromatic rings. The molecule has 8 nitrogen and oxygen atoms in total. The van der Waals surface area contributed by atoms with Crippen LogP contribution in [0.15, 0.2) is 97.1 Å². The Morgan fingerprint density at radius 2 is 1.40 bits per heavy atom. The van der Waals surface area contributed by atoms with E-state index in [1.165, 1.54) is 4.90 Å². The first-order valence-electron chi connectivity index (χ1n) is 15.0. The van der Waals surface area contributed by atoms with E-state index in [1.807, 2.05) is 60.7 Å². The van der Waals surface area contributed by atoms with Gasteiger partial charge in [0.05, 0.1) is 50.9 Å². The second-order valence-electron chi connectivity index (χ2n) is 11.9. The number of hydrogen-bond donors (Lipinski definition) is 1. The number of nitrogens with zero attached hydrogens (tertiary/aromatic N) is 3. The van der Waals surface area contributed by atoms with Crippen molar-refractivity contribution in [3.05, 3.63) is 119 Å². The summed E-state index contributed by atoms with van der Waals surface area (Å²) in [6.45, 7) is 4.43. The third-order valence-corrected chi connectivity index (χ3v) is 8.27. The minimum absolute atomic E-state index is 0.106. The zero-order valence-electron chi connectivity index (χ0n) is 25.0. The van der Waals surface area contributed by atoms with Crippen molar-refractivity contribution in [1.29, 1.82) is 0 Å². The molecule has 2 heterocycles. The minimum atomic E-state index is -0.391. The van der Waals surface area contributed by atoms with E-state index >= 15 is 0 Å². The number of rotatable bonds is 11. The topological polar surface area (TPSA) is 79.0 Å². The number of ether oxygens (including phenoxy) is 1. The Balaban J connectivity index is 1.02. The molecule has 43 heavy (non-hydrogen) atoms. The predicted octanol–water partition coefficient (Wildman–Crippen LogP) is 4.90. The van der Waals surface area contributed by atoms with Crippen molar-refractivity contribution in [3.8, 4) is 0 Å². The van der Waals surface area contributed by atoms with Gasteiger partial charge in [0.15, 0.2) is 0 Å². The molecule has 3 aromatic carbocycles. The highest BCUT2D eigenvalue weighted by molar-refractivity contribution is 6.21. The molecule has 0 radical (unpaired) electrons. The summed E-state index contributed by atoms with van der Waals surface area (Å²) < 4.78 is 6.51. The lowest BCUT2D eigenvalue weighted by atomic mass is 9.99. The molecule has 8 heteroatoms. The molecule has 0 bridgehead atoms. The van der Waals surface area contributed by atoms with Gasteiger partial charge >= 0.3 is 6.09 Å². The molecule has 1 saturated heterocycles. The second kappa shape index (κ2) is 13.8. The molecule has 0 saturated carbocycles. The third-order valence-electron chi connectivity index (χ3n) is 8.27. The Bertz CT molecular complexity index is 1360. The van der Waals surface area contributed by atoms with Crippen LogP contribution in [0.3, 0.4) is 0 Å². The van der Waals surface area contributed by atoms with Gasteiger partial charge in [-0.05, 0) is 42.2 Å². The van der Waals surface area contributed by atoms with Crippen LogP contribution in [-0.4, -0.2) is 91.7 Å². The second-order valence-corrected chi connectivity index (χ2v) is 11.9. The van der Waals surface area contributed by atoms with Gasteiger partial charge in [-0.3, -0.25) is 19.4 Å². The fraction of sp³-hybridized carbons (Fsp3) is 0.343. The summed E-state index contributed by atoms with van der Waals surface area (Å²) in [5, 5.41) is 3.07. The van der Waals surface area contributed by atoms with Crippen molar-refractivity contribution in [2.75, 3.05) is 53.4 Å². The van der Waals surface area contributed by atoms with E-state index in [0.29, 0.717) is 28.7 Å². The van der Waals surface area contributed by atoms with Gasteiger partial charge in [0.25, 0.3) is 11.8 Å². The summed E-state index contributed by atoms with van der Waals surface area (Å²) in [6.07, 6.45) is 5.45. The van der Waals surface area contributed by atoms with Gasteiger partial charge in [-0.1, -0.05) is 78.9 Å². The number of quaternary nitrogens is 1. The fourth-order valence-corrected chi connectivity index (χ4v) is 5.65. The number of likely N-dealkylation sites (N-methyl/N-ethyl adjacent to an activating group) is 1. The monoisotopic (exact) mass is 581 g/mol. The Morgan fingerprint density at radius 3 is 1.95 bits per heavy atom. The van der Waals surface area contributed by atoms with Crippen LogP contribution in [0.25, 0.3) is 0 Å². The standard InChI is InChI=1S/C35H40N4O4/c1-39(2,26-24-38-33(40)30-17-9-10-18-31(30)34(38)41)25-12-11-21-37-22-19-29(20-23-37)43-35(42)36-32(27-13-5-3-6-14-27)28-15-7-4-8-16-28/h3-18,29,32H,19-26H2,1-2H3/p+1/b12-11+. The van der Waals surface area contributed by atoms with Gasteiger partial charge < -0.3 is 14.5 Å². The van der Waals surface area contributed by atoms with E-state index in [4.69, 9.17) is 4.74 Å². The zero-order chi connectivity index (χ0) is 30.2. The molecule has 0 aromatic heterocycles. The lowest BCUT2D eigenvalue weighted by molar-refractivity contribution is -0.883. The number of alkyl carbamates (subject to hydrolysis) is 1. The molecule has 0 spiro atoms. The van der Waals surface area contributed by atoms with Crippen molar-refractivity contribution in [3.63, 3.8) is 0 Å². The number of imide groups is 1. The number of likely N-dealkylation sites (tertiary alicyclic amines) is 1. The molecule has 2 aliphatic heterocycles. The highest BCUT2D eigenvalue weighted by atomic mass is 16.6. The summed E-state index contributed by atoms with van der Waals surface area (Å²) in [5.74, 6) is -0.401. The van der Waals surface area contributed by atoms with Gasteiger partial charge in [-0.25, -0.2) is 4.79 Å². The molecule has 1 N–H and O–H groups in total. The molecule has 0 atom stereocenters. The van der Waals surface area contributed by atoms with Crippen LogP contribution in [0, 0.1) is 0 Å². The van der Waals surface area contributed by atoms with Crippen LogP contribution in [0.5, 0.6) is 0 Å². The molecule has 224 valence electrons. The van der Waals surface area contributed by atoms with Gasteiger partial charge in [0.2, 0.25) is 0 Å².